The molecule has 2 spiro atoms. The monoisotopic (exact) mass is 739 g/mol. The quantitative estimate of drug-likeness (QED) is 0.181. The zero-order chi connectivity index (χ0) is 37.5. The number of fused-ring (bicyclic) bond motifs is 14. The summed E-state index contributed by atoms with van der Waals surface area (Å²) in [6.45, 7) is 0. The largest absolute Gasteiger partial charge is 0.277 e. The maximum absolute atomic E-state index is 5.53. The third-order valence-electron chi connectivity index (χ3n) is 16.3. The fourth-order valence-electron chi connectivity index (χ4n) is 14.1. The van der Waals surface area contributed by atoms with Gasteiger partial charge in [0.2, 0.25) is 5.95 Å². The molecule has 2 aromatic heterocycles. The summed E-state index contributed by atoms with van der Waals surface area (Å²) in [5.74, 6) is 4.39. The van der Waals surface area contributed by atoms with E-state index >= 15 is 0 Å². The van der Waals surface area contributed by atoms with Crippen LogP contribution in [0.3, 0.4) is 0 Å². The fourth-order valence-corrected chi connectivity index (χ4v) is 14.1. The first-order valence-corrected chi connectivity index (χ1v) is 21.2. The van der Waals surface area contributed by atoms with Crippen LogP contribution in [0.5, 0.6) is 0 Å². The van der Waals surface area contributed by atoms with Crippen molar-refractivity contribution in [3.8, 4) is 39.5 Å². The minimum atomic E-state index is 0.237. The second-order valence-electron chi connectivity index (χ2n) is 18.0. The van der Waals surface area contributed by atoms with Gasteiger partial charge in [0.15, 0.2) is 0 Å². The number of nitrogens with zero attached hydrogens (tertiary/aromatic N) is 3. The number of benzene rings is 8. The van der Waals surface area contributed by atoms with Crippen LogP contribution in [0, 0.1) is 29.1 Å². The van der Waals surface area contributed by atoms with Gasteiger partial charge in [0.1, 0.15) is 0 Å². The summed E-state index contributed by atoms with van der Waals surface area (Å²) in [7, 11) is 0. The Morgan fingerprint density at radius 1 is 0.466 bits per heavy atom. The Hall–Kier alpha value is -6.58. The molecule has 4 unspecified atom stereocenters. The van der Waals surface area contributed by atoms with Crippen molar-refractivity contribution in [3.63, 3.8) is 0 Å². The molecule has 4 atom stereocenters. The first-order chi connectivity index (χ1) is 28.7. The van der Waals surface area contributed by atoms with Gasteiger partial charge in [-0.2, -0.15) is 0 Å². The van der Waals surface area contributed by atoms with E-state index in [1.165, 1.54) is 73.8 Å². The van der Waals surface area contributed by atoms with Gasteiger partial charge in [0, 0.05) is 32.5 Å². The molecule has 5 aliphatic carbocycles. The van der Waals surface area contributed by atoms with Crippen LogP contribution in [0.25, 0.3) is 93.7 Å². The van der Waals surface area contributed by atoms with E-state index in [0.717, 1.165) is 56.9 Å². The molecule has 3 nitrogen and oxygen atoms in total. The van der Waals surface area contributed by atoms with Crippen LogP contribution in [0.15, 0.2) is 164 Å². The first kappa shape index (κ1) is 30.5. The van der Waals surface area contributed by atoms with Gasteiger partial charge in [-0.25, -0.2) is 9.97 Å². The second-order valence-corrected chi connectivity index (χ2v) is 18.0. The molecule has 8 aromatic carbocycles. The Morgan fingerprint density at radius 2 is 1.14 bits per heavy atom. The van der Waals surface area contributed by atoms with Crippen molar-refractivity contribution in [3.05, 3.63) is 175 Å². The third-order valence-corrected chi connectivity index (χ3v) is 16.3. The fraction of sp³-hybridized carbons (Fsp3) is 0.164. The van der Waals surface area contributed by atoms with Gasteiger partial charge in [-0.1, -0.05) is 140 Å². The Labute approximate surface area is 335 Å². The van der Waals surface area contributed by atoms with E-state index < -0.39 is 0 Å². The molecule has 4 saturated carbocycles. The molecular formula is C55H37N3. The molecular weight excluding hydrogens is 703 g/mol. The summed E-state index contributed by atoms with van der Waals surface area (Å²) in [6.07, 6.45) is 4.37. The average molecular weight is 740 g/mol. The molecule has 58 heavy (non-hydrogen) atoms. The highest BCUT2D eigenvalue weighted by Crippen LogP contribution is 2.94. The van der Waals surface area contributed by atoms with Crippen LogP contribution in [0.2, 0.25) is 0 Å². The van der Waals surface area contributed by atoms with Gasteiger partial charge in [-0.15, -0.1) is 0 Å². The van der Waals surface area contributed by atoms with E-state index in [2.05, 4.69) is 168 Å². The predicted molar refractivity (Wildman–Crippen MR) is 236 cm³/mol. The van der Waals surface area contributed by atoms with Crippen LogP contribution in [-0.2, 0) is 5.41 Å². The van der Waals surface area contributed by atoms with Gasteiger partial charge in [0.05, 0.1) is 22.2 Å². The molecule has 0 bridgehead atoms. The topological polar surface area (TPSA) is 30.7 Å². The summed E-state index contributed by atoms with van der Waals surface area (Å²) in [5.41, 5.74) is 14.9. The van der Waals surface area contributed by atoms with E-state index in [1.54, 1.807) is 11.1 Å². The van der Waals surface area contributed by atoms with E-state index in [4.69, 9.17) is 9.97 Å². The highest BCUT2D eigenvalue weighted by atomic mass is 15.2. The molecule has 0 amide bonds. The summed E-state index contributed by atoms with van der Waals surface area (Å²) in [4.78, 5) is 10.9. The molecule has 0 saturated heterocycles. The van der Waals surface area contributed by atoms with Crippen molar-refractivity contribution in [2.75, 3.05) is 0 Å². The van der Waals surface area contributed by atoms with Crippen molar-refractivity contribution in [1.29, 1.82) is 0 Å². The molecule has 2 heterocycles. The van der Waals surface area contributed by atoms with Crippen LogP contribution in [-0.4, -0.2) is 14.5 Å². The van der Waals surface area contributed by atoms with Gasteiger partial charge in [-0.05, 0) is 122 Å². The molecule has 5 aliphatic rings. The highest BCUT2D eigenvalue weighted by Gasteiger charge is 2.90. The van der Waals surface area contributed by atoms with E-state index in [9.17, 15) is 0 Å². The normalized spacial score (nSPS) is 25.5. The molecule has 0 N–H and O–H groups in total. The average Bonchev–Trinajstić information content (AvgIpc) is 3.75. The van der Waals surface area contributed by atoms with Crippen LogP contribution >= 0.6 is 0 Å². The number of aromatic nitrogens is 3. The summed E-state index contributed by atoms with van der Waals surface area (Å²) in [5, 5.41) is 8.27. The lowest BCUT2D eigenvalue weighted by Gasteiger charge is -2.92. The maximum atomic E-state index is 5.53. The minimum Gasteiger partial charge on any atom is -0.277 e. The van der Waals surface area contributed by atoms with Gasteiger partial charge >= 0.3 is 0 Å². The Bertz CT molecular complexity index is 3470. The minimum absolute atomic E-state index is 0.237. The van der Waals surface area contributed by atoms with E-state index in [1.807, 2.05) is 0 Å². The van der Waals surface area contributed by atoms with Gasteiger partial charge < -0.3 is 0 Å². The molecule has 0 radical (unpaired) electrons. The number of hydrogen-bond acceptors (Lipinski definition) is 2. The van der Waals surface area contributed by atoms with Gasteiger partial charge in [0.25, 0.3) is 0 Å². The van der Waals surface area contributed by atoms with Crippen molar-refractivity contribution in [2.24, 2.45) is 29.1 Å². The van der Waals surface area contributed by atoms with Crippen LogP contribution < -0.4 is 0 Å². The Balaban J connectivity index is 0.951. The lowest BCUT2D eigenvalue weighted by atomic mass is 9.11. The summed E-state index contributed by atoms with van der Waals surface area (Å²) < 4.78 is 2.32. The third kappa shape index (κ3) is 3.33. The SMILES string of the molecule is c1ccc2c(c1)-c1cc(-c3ccc4c(c3)c3ccc5ccccc5c3n4-c3nc(-c4cccc5ccccc45)c4ccccc4n3)ccc1C21C2CC3CC4CC1C342. The van der Waals surface area contributed by atoms with E-state index in [0.29, 0.717) is 11.4 Å². The van der Waals surface area contributed by atoms with E-state index in [-0.39, 0.29) is 5.41 Å². The summed E-state index contributed by atoms with van der Waals surface area (Å²) >= 11 is 0. The van der Waals surface area contributed by atoms with Crippen molar-refractivity contribution in [1.82, 2.24) is 14.5 Å². The molecule has 272 valence electrons. The number of rotatable bonds is 3. The van der Waals surface area contributed by atoms with Crippen LogP contribution in [0.4, 0.5) is 0 Å². The molecule has 15 rings (SSSR count). The van der Waals surface area contributed by atoms with Crippen LogP contribution in [0.1, 0.15) is 30.4 Å². The molecule has 0 aliphatic heterocycles. The highest BCUT2D eigenvalue weighted by molar-refractivity contribution is 6.19. The molecule has 4 fully saturated rings. The zero-order valence-corrected chi connectivity index (χ0v) is 31.9. The zero-order valence-electron chi connectivity index (χ0n) is 31.9. The second kappa shape index (κ2) is 10.3. The molecule has 3 heteroatoms. The first-order valence-electron chi connectivity index (χ1n) is 21.2. The molecule has 10 aromatic rings. The van der Waals surface area contributed by atoms with Gasteiger partial charge in [-0.3, -0.25) is 4.57 Å². The lowest BCUT2D eigenvalue weighted by molar-refractivity contribution is -0.412. The van der Waals surface area contributed by atoms with Crippen molar-refractivity contribution in [2.45, 2.75) is 24.7 Å². The summed E-state index contributed by atoms with van der Waals surface area (Å²) in [6, 6.07) is 60.9. The number of hydrogen-bond donors (Lipinski definition) is 0. The van der Waals surface area contributed by atoms with Crippen molar-refractivity contribution >= 4 is 54.3 Å². The Kier molecular flexibility index (Phi) is 5.42. The maximum Gasteiger partial charge on any atom is 0.235 e. The Morgan fingerprint density at radius 3 is 2.00 bits per heavy atom. The number of para-hydroxylation sites is 1. The van der Waals surface area contributed by atoms with Crippen molar-refractivity contribution < 1.29 is 0 Å². The predicted octanol–water partition coefficient (Wildman–Crippen LogP) is 13.3. The standard InChI is InChI=1S/C55H37N3/c1-3-13-37-31(10-1)12-9-17-40(37)51-42-16-6-8-19-47(42)56-53(57-51)58-48-25-22-34(27-44(48)41-23-20-32-11-2-4-14-38(32)52(41)58)33-21-24-46-43(26-33)39-15-5-7-18-45(39)55(46)49-29-35-28-36-30-50(55)54(35,36)49/h1-27,35-36,49-50H,28-30H2. The smallest absolute Gasteiger partial charge is 0.235 e. The lowest BCUT2D eigenvalue weighted by Crippen LogP contribution is -2.88.